The van der Waals surface area contributed by atoms with E-state index < -0.39 is 0 Å². The van der Waals surface area contributed by atoms with Crippen LogP contribution in [-0.4, -0.2) is 20.7 Å². The van der Waals surface area contributed by atoms with Gasteiger partial charge in [0.25, 0.3) is 5.56 Å². The SMILES string of the molecule is CC(C)(C)N=C(N)SCc1nc2scc(-c3ccccc3)c2c(=O)[nH]1. The Morgan fingerprint density at radius 2 is 2.04 bits per heavy atom. The predicted octanol–water partition coefficient (Wildman–Crippen LogP) is 4.00. The van der Waals surface area contributed by atoms with E-state index in [2.05, 4.69) is 15.0 Å². The number of hydrogen-bond acceptors (Lipinski definition) is 5. The van der Waals surface area contributed by atoms with E-state index in [4.69, 9.17) is 5.73 Å². The molecule has 3 rings (SSSR count). The third-order valence-electron chi connectivity index (χ3n) is 3.38. The molecule has 3 N–H and O–H groups in total. The van der Waals surface area contributed by atoms with Crippen molar-refractivity contribution in [1.29, 1.82) is 0 Å². The summed E-state index contributed by atoms with van der Waals surface area (Å²) in [7, 11) is 0. The number of rotatable bonds is 3. The Balaban J connectivity index is 1.89. The van der Waals surface area contributed by atoms with Gasteiger partial charge in [0.1, 0.15) is 10.7 Å². The molecule has 130 valence electrons. The number of aromatic amines is 1. The third-order valence-corrected chi connectivity index (χ3v) is 5.06. The molecule has 0 saturated carbocycles. The lowest BCUT2D eigenvalue weighted by Gasteiger charge is -2.13. The molecule has 0 radical (unpaired) electrons. The quantitative estimate of drug-likeness (QED) is 0.538. The fourth-order valence-corrected chi connectivity index (χ4v) is 4.12. The van der Waals surface area contributed by atoms with Gasteiger partial charge in [-0.15, -0.1) is 11.3 Å². The number of nitrogens with two attached hydrogens (primary N) is 1. The lowest BCUT2D eigenvalue weighted by molar-refractivity contribution is 0.585. The number of hydrogen-bond donors (Lipinski definition) is 2. The summed E-state index contributed by atoms with van der Waals surface area (Å²) in [6.07, 6.45) is 0. The molecular weight excluding hydrogens is 352 g/mol. The van der Waals surface area contributed by atoms with E-state index in [9.17, 15) is 4.79 Å². The molecule has 0 saturated heterocycles. The molecule has 0 bridgehead atoms. The highest BCUT2D eigenvalue weighted by Gasteiger charge is 2.13. The number of thiophene rings is 1. The van der Waals surface area contributed by atoms with Gasteiger partial charge in [-0.3, -0.25) is 9.79 Å². The van der Waals surface area contributed by atoms with Gasteiger partial charge >= 0.3 is 0 Å². The van der Waals surface area contributed by atoms with E-state index in [1.165, 1.54) is 23.1 Å². The summed E-state index contributed by atoms with van der Waals surface area (Å²) in [6, 6.07) is 9.87. The van der Waals surface area contributed by atoms with Crippen LogP contribution in [0.2, 0.25) is 0 Å². The molecule has 25 heavy (non-hydrogen) atoms. The molecule has 3 aromatic rings. The Bertz CT molecular complexity index is 968. The summed E-state index contributed by atoms with van der Waals surface area (Å²) in [5.41, 5.74) is 7.53. The van der Waals surface area contributed by atoms with Crippen molar-refractivity contribution in [2.75, 3.05) is 0 Å². The average molecular weight is 373 g/mol. The molecule has 0 fully saturated rings. The molecule has 0 atom stereocenters. The molecule has 2 heterocycles. The van der Waals surface area contributed by atoms with Crippen molar-refractivity contribution in [2.45, 2.75) is 32.1 Å². The van der Waals surface area contributed by atoms with Crippen LogP contribution in [-0.2, 0) is 5.75 Å². The predicted molar refractivity (Wildman–Crippen MR) is 108 cm³/mol. The maximum atomic E-state index is 12.6. The first-order valence-electron chi connectivity index (χ1n) is 7.87. The highest BCUT2D eigenvalue weighted by Crippen LogP contribution is 2.30. The van der Waals surface area contributed by atoms with Crippen molar-refractivity contribution in [1.82, 2.24) is 9.97 Å². The van der Waals surface area contributed by atoms with Crippen LogP contribution in [0.1, 0.15) is 26.6 Å². The van der Waals surface area contributed by atoms with Gasteiger partial charge in [-0.2, -0.15) is 0 Å². The molecule has 0 aliphatic heterocycles. The van der Waals surface area contributed by atoms with Crippen molar-refractivity contribution in [3.8, 4) is 11.1 Å². The zero-order chi connectivity index (χ0) is 18.0. The van der Waals surface area contributed by atoms with Crippen LogP contribution in [0.25, 0.3) is 21.3 Å². The second kappa shape index (κ2) is 7.01. The minimum Gasteiger partial charge on any atom is -0.379 e. The summed E-state index contributed by atoms with van der Waals surface area (Å²) in [4.78, 5) is 25.2. The molecule has 0 amide bonds. The first kappa shape index (κ1) is 17.7. The second-order valence-electron chi connectivity index (χ2n) is 6.62. The van der Waals surface area contributed by atoms with Crippen LogP contribution in [0, 0.1) is 0 Å². The maximum Gasteiger partial charge on any atom is 0.260 e. The molecule has 0 aliphatic rings. The van der Waals surface area contributed by atoms with Gasteiger partial charge in [0, 0.05) is 10.9 Å². The number of benzene rings is 1. The molecule has 0 spiro atoms. The lowest BCUT2D eigenvalue weighted by atomic mass is 10.1. The van der Waals surface area contributed by atoms with E-state index in [0.29, 0.717) is 22.1 Å². The van der Waals surface area contributed by atoms with Crippen LogP contribution in [0.4, 0.5) is 0 Å². The zero-order valence-electron chi connectivity index (χ0n) is 14.4. The number of H-pyrrole nitrogens is 1. The van der Waals surface area contributed by atoms with E-state index >= 15 is 0 Å². The van der Waals surface area contributed by atoms with E-state index in [0.717, 1.165) is 16.0 Å². The van der Waals surface area contributed by atoms with Gasteiger partial charge in [0.2, 0.25) is 0 Å². The Labute approximate surface area is 154 Å². The second-order valence-corrected chi connectivity index (χ2v) is 8.47. The highest BCUT2D eigenvalue weighted by molar-refractivity contribution is 8.13. The molecule has 0 aliphatic carbocycles. The Morgan fingerprint density at radius 3 is 2.72 bits per heavy atom. The topological polar surface area (TPSA) is 84.1 Å². The standard InChI is InChI=1S/C18H20N4OS2/c1-18(2,3)22-17(19)25-10-13-20-15(23)14-12(9-24-16(14)21-13)11-7-5-4-6-8-11/h4-9H,10H2,1-3H3,(H2,19,22)(H,20,21,23). The molecule has 7 heteroatoms. The van der Waals surface area contributed by atoms with Gasteiger partial charge in [0.15, 0.2) is 5.17 Å². The lowest BCUT2D eigenvalue weighted by Crippen LogP contribution is -2.18. The van der Waals surface area contributed by atoms with Gasteiger partial charge in [-0.25, -0.2) is 4.98 Å². The van der Waals surface area contributed by atoms with E-state index in [1.54, 1.807) is 0 Å². The van der Waals surface area contributed by atoms with E-state index in [1.807, 2.05) is 56.5 Å². The van der Waals surface area contributed by atoms with E-state index in [-0.39, 0.29) is 11.1 Å². The van der Waals surface area contributed by atoms with Crippen LogP contribution in [0.3, 0.4) is 0 Å². The first-order chi connectivity index (χ1) is 11.8. The number of nitrogens with zero attached hydrogens (tertiary/aromatic N) is 2. The van der Waals surface area contributed by atoms with Gasteiger partial charge < -0.3 is 10.7 Å². The number of amidine groups is 1. The van der Waals surface area contributed by atoms with Crippen molar-refractivity contribution < 1.29 is 0 Å². The minimum atomic E-state index is -0.222. The van der Waals surface area contributed by atoms with Crippen LogP contribution >= 0.6 is 23.1 Å². The summed E-state index contributed by atoms with van der Waals surface area (Å²) >= 11 is 2.86. The minimum absolute atomic E-state index is 0.118. The first-order valence-corrected chi connectivity index (χ1v) is 9.74. The average Bonchev–Trinajstić information content (AvgIpc) is 2.97. The molecule has 1 aromatic carbocycles. The molecule has 0 unspecified atom stereocenters. The maximum absolute atomic E-state index is 12.6. The summed E-state index contributed by atoms with van der Waals surface area (Å²) in [5.74, 6) is 1.09. The fourth-order valence-electron chi connectivity index (χ4n) is 2.40. The van der Waals surface area contributed by atoms with Crippen LogP contribution in [0.15, 0.2) is 45.5 Å². The van der Waals surface area contributed by atoms with Gasteiger partial charge in [0.05, 0.1) is 16.7 Å². The number of thioether (sulfide) groups is 1. The van der Waals surface area contributed by atoms with Crippen molar-refractivity contribution in [3.05, 3.63) is 51.9 Å². The van der Waals surface area contributed by atoms with Gasteiger partial charge in [-0.1, -0.05) is 42.1 Å². The number of aromatic nitrogens is 2. The fraction of sp³-hybridized carbons (Fsp3) is 0.278. The van der Waals surface area contributed by atoms with Crippen molar-refractivity contribution in [3.63, 3.8) is 0 Å². The Hall–Kier alpha value is -2.12. The van der Waals surface area contributed by atoms with Crippen molar-refractivity contribution in [2.24, 2.45) is 10.7 Å². The molecule has 2 aromatic heterocycles. The smallest absolute Gasteiger partial charge is 0.260 e. The number of nitrogens with one attached hydrogen (secondary N) is 1. The normalized spacial score (nSPS) is 12.7. The summed E-state index contributed by atoms with van der Waals surface area (Å²) < 4.78 is 0. The number of fused-ring (bicyclic) bond motifs is 1. The Morgan fingerprint density at radius 1 is 1.32 bits per heavy atom. The summed E-state index contributed by atoms with van der Waals surface area (Å²) in [6.45, 7) is 5.97. The largest absolute Gasteiger partial charge is 0.379 e. The van der Waals surface area contributed by atoms with Crippen molar-refractivity contribution >= 4 is 38.5 Å². The Kier molecular flexibility index (Phi) is 4.96. The monoisotopic (exact) mass is 372 g/mol. The van der Waals surface area contributed by atoms with Gasteiger partial charge in [-0.05, 0) is 26.3 Å². The third kappa shape index (κ3) is 4.29. The van der Waals surface area contributed by atoms with Crippen LogP contribution < -0.4 is 11.3 Å². The molecule has 5 nitrogen and oxygen atoms in total. The highest BCUT2D eigenvalue weighted by atomic mass is 32.2. The zero-order valence-corrected chi connectivity index (χ0v) is 16.0. The molecular formula is C18H20N4OS2. The van der Waals surface area contributed by atoms with Crippen LogP contribution in [0.5, 0.6) is 0 Å². The summed E-state index contributed by atoms with van der Waals surface area (Å²) in [5, 5.41) is 3.11. The number of aliphatic imine (C=N–C) groups is 1.